The van der Waals surface area contributed by atoms with Gasteiger partial charge in [-0.1, -0.05) is 31.2 Å². The molecule has 1 aliphatic heterocycles. The van der Waals surface area contributed by atoms with Crippen LogP contribution in [0.15, 0.2) is 36.1 Å². The first-order valence-electron chi connectivity index (χ1n) is 9.76. The van der Waals surface area contributed by atoms with Crippen LogP contribution in [0.3, 0.4) is 0 Å². The maximum atomic E-state index is 10.4. The average Bonchev–Trinajstić information content (AvgIpc) is 3.09. The number of aliphatic hydroxyl groups excluding tert-OH is 2. The van der Waals surface area contributed by atoms with Crippen LogP contribution in [0.4, 0.5) is 0 Å². The zero-order valence-corrected chi connectivity index (χ0v) is 18.5. The number of rotatable bonds is 10. The number of unbranched alkanes of at least 4 members (excludes halogenated alkanes) is 2. The largest absolute Gasteiger partial charge is 1.00 e. The minimum absolute atomic E-state index is 0. The standard InChI is InChI=1S/C21H32O5.Na/c1-2-3-5-8-15(22)11-12-17-18-13-16(26-20(18)14-19(17)23)9-6-4-7-10-21(24)25;/h3,5,9,11-12,15,17-20,22-23H,2,4,6-8,10,13-14H2,1H3,(H,24,25);/q;+1/p-1/b5-3+,12-11+,16-9-;. The predicted molar refractivity (Wildman–Crippen MR) is 97.8 cm³/mol. The fraction of sp³-hybridized carbons (Fsp3) is 0.667. The van der Waals surface area contributed by atoms with Crippen molar-refractivity contribution in [3.05, 3.63) is 36.1 Å². The fourth-order valence-electron chi connectivity index (χ4n) is 3.80. The molecule has 0 amide bonds. The quantitative estimate of drug-likeness (QED) is 0.293. The number of ether oxygens (including phenoxy) is 1. The van der Waals surface area contributed by atoms with Gasteiger partial charge in [-0.2, -0.15) is 0 Å². The summed E-state index contributed by atoms with van der Waals surface area (Å²) >= 11 is 0. The van der Waals surface area contributed by atoms with Crippen molar-refractivity contribution in [2.24, 2.45) is 11.8 Å². The molecule has 0 bridgehead atoms. The van der Waals surface area contributed by atoms with Gasteiger partial charge in [0.1, 0.15) is 6.10 Å². The number of allylic oxidation sites excluding steroid dienone is 3. The van der Waals surface area contributed by atoms with E-state index in [4.69, 9.17) is 4.74 Å². The molecule has 1 aliphatic carbocycles. The van der Waals surface area contributed by atoms with E-state index in [1.807, 2.05) is 24.3 Å². The van der Waals surface area contributed by atoms with Gasteiger partial charge in [0.2, 0.25) is 0 Å². The molecule has 27 heavy (non-hydrogen) atoms. The minimum Gasteiger partial charge on any atom is -0.550 e. The van der Waals surface area contributed by atoms with Crippen molar-refractivity contribution in [2.75, 3.05) is 0 Å². The monoisotopic (exact) mass is 386 g/mol. The van der Waals surface area contributed by atoms with Gasteiger partial charge in [0.15, 0.2) is 0 Å². The van der Waals surface area contributed by atoms with E-state index < -0.39 is 18.2 Å². The van der Waals surface area contributed by atoms with E-state index in [9.17, 15) is 20.1 Å². The van der Waals surface area contributed by atoms with E-state index in [0.717, 1.165) is 31.4 Å². The second-order valence-corrected chi connectivity index (χ2v) is 7.26. The number of carboxylic acids is 1. The Balaban J connectivity index is 0.00000364. The molecule has 5 unspecified atom stereocenters. The number of fused-ring (bicyclic) bond motifs is 1. The molecule has 1 saturated heterocycles. The van der Waals surface area contributed by atoms with Crippen LogP contribution in [0.1, 0.15) is 58.3 Å². The molecule has 2 rings (SSSR count). The van der Waals surface area contributed by atoms with Crippen molar-refractivity contribution in [1.82, 2.24) is 0 Å². The van der Waals surface area contributed by atoms with Gasteiger partial charge in [-0.15, -0.1) is 0 Å². The van der Waals surface area contributed by atoms with E-state index in [-0.39, 0.29) is 53.9 Å². The number of hydrogen-bond donors (Lipinski definition) is 2. The number of hydrogen-bond acceptors (Lipinski definition) is 5. The van der Waals surface area contributed by atoms with E-state index in [1.165, 1.54) is 0 Å². The normalized spacial score (nSPS) is 29.8. The fourth-order valence-corrected chi connectivity index (χ4v) is 3.80. The summed E-state index contributed by atoms with van der Waals surface area (Å²) in [7, 11) is 0. The maximum absolute atomic E-state index is 10.4. The molecule has 2 fully saturated rings. The van der Waals surface area contributed by atoms with Gasteiger partial charge in [-0.25, -0.2) is 0 Å². The summed E-state index contributed by atoms with van der Waals surface area (Å²) in [6.07, 6.45) is 14.2. The van der Waals surface area contributed by atoms with Crippen LogP contribution < -0.4 is 34.7 Å². The number of aliphatic hydroxyl groups is 2. The molecule has 0 aromatic carbocycles. The molecular formula is C21H31NaO5. The van der Waals surface area contributed by atoms with Crippen molar-refractivity contribution >= 4 is 5.97 Å². The van der Waals surface area contributed by atoms with Gasteiger partial charge >= 0.3 is 29.6 Å². The van der Waals surface area contributed by atoms with E-state index in [2.05, 4.69) is 6.92 Å². The van der Waals surface area contributed by atoms with Crippen LogP contribution in [-0.2, 0) is 9.53 Å². The average molecular weight is 386 g/mol. The summed E-state index contributed by atoms with van der Waals surface area (Å²) < 4.78 is 5.96. The summed E-state index contributed by atoms with van der Waals surface area (Å²) in [6.45, 7) is 2.06. The Labute approximate surface area is 184 Å². The van der Waals surface area contributed by atoms with Crippen molar-refractivity contribution < 1.29 is 54.4 Å². The van der Waals surface area contributed by atoms with Crippen molar-refractivity contribution in [2.45, 2.75) is 76.6 Å². The smallest absolute Gasteiger partial charge is 0.550 e. The Kier molecular flexibility index (Phi) is 11.6. The molecule has 6 heteroatoms. The summed E-state index contributed by atoms with van der Waals surface area (Å²) in [5, 5.41) is 30.7. The van der Waals surface area contributed by atoms with Crippen LogP contribution in [0.25, 0.3) is 0 Å². The molecule has 0 aromatic heterocycles. The second kappa shape index (κ2) is 12.8. The Morgan fingerprint density at radius 1 is 1.37 bits per heavy atom. The van der Waals surface area contributed by atoms with E-state index >= 15 is 0 Å². The van der Waals surface area contributed by atoms with E-state index in [0.29, 0.717) is 19.3 Å². The number of carboxylic acid groups (broad SMARTS) is 1. The van der Waals surface area contributed by atoms with Gasteiger partial charge in [-0.3, -0.25) is 0 Å². The zero-order valence-electron chi connectivity index (χ0n) is 16.5. The van der Waals surface area contributed by atoms with Gasteiger partial charge in [0.25, 0.3) is 0 Å². The van der Waals surface area contributed by atoms with Crippen LogP contribution in [0, 0.1) is 11.8 Å². The number of aliphatic carboxylic acids is 1. The molecule has 2 N–H and O–H groups in total. The molecule has 0 radical (unpaired) electrons. The minimum atomic E-state index is -1.000. The third-order valence-corrected chi connectivity index (χ3v) is 5.17. The summed E-state index contributed by atoms with van der Waals surface area (Å²) in [6, 6.07) is 0. The van der Waals surface area contributed by atoms with Crippen LogP contribution in [0.2, 0.25) is 0 Å². The van der Waals surface area contributed by atoms with Gasteiger partial charge < -0.3 is 24.9 Å². The predicted octanol–water partition coefficient (Wildman–Crippen LogP) is -0.756. The topological polar surface area (TPSA) is 89.8 Å². The van der Waals surface area contributed by atoms with Crippen molar-refractivity contribution in [1.29, 1.82) is 0 Å². The number of carbonyl (C=O) groups is 1. The molecule has 1 heterocycles. The summed E-state index contributed by atoms with van der Waals surface area (Å²) in [5.41, 5.74) is 0. The Morgan fingerprint density at radius 2 is 2.15 bits per heavy atom. The zero-order chi connectivity index (χ0) is 18.9. The van der Waals surface area contributed by atoms with Crippen LogP contribution in [0.5, 0.6) is 0 Å². The molecule has 146 valence electrons. The Morgan fingerprint density at radius 3 is 2.85 bits per heavy atom. The molecule has 0 aromatic rings. The Hall–Kier alpha value is -0.590. The number of carbonyl (C=O) groups excluding carboxylic acids is 1. The first-order chi connectivity index (χ1) is 12.5. The van der Waals surface area contributed by atoms with Gasteiger partial charge in [0, 0.05) is 30.6 Å². The summed E-state index contributed by atoms with van der Waals surface area (Å²) in [4.78, 5) is 10.4. The molecular weight excluding hydrogens is 355 g/mol. The summed E-state index contributed by atoms with van der Waals surface area (Å²) in [5.74, 6) is 0.202. The first kappa shape index (κ1) is 24.4. The van der Waals surface area contributed by atoms with Crippen LogP contribution >= 0.6 is 0 Å². The molecule has 0 spiro atoms. The van der Waals surface area contributed by atoms with Crippen molar-refractivity contribution in [3.63, 3.8) is 0 Å². The molecule has 2 aliphatic rings. The third-order valence-electron chi connectivity index (χ3n) is 5.17. The van der Waals surface area contributed by atoms with Crippen molar-refractivity contribution in [3.8, 4) is 0 Å². The maximum Gasteiger partial charge on any atom is 1.00 e. The first-order valence-corrected chi connectivity index (χ1v) is 9.76. The Bertz CT molecular complexity index is 543. The molecule has 5 atom stereocenters. The van der Waals surface area contributed by atoms with Gasteiger partial charge in [-0.05, 0) is 44.6 Å². The second-order valence-electron chi connectivity index (χ2n) is 7.26. The van der Waals surface area contributed by atoms with Crippen LogP contribution in [-0.4, -0.2) is 34.5 Å². The third kappa shape index (κ3) is 8.12. The van der Waals surface area contributed by atoms with E-state index in [1.54, 1.807) is 6.08 Å². The SMILES string of the molecule is CC/C=C/CC(O)/C=C/C1C(O)CC2O/C(=C\CCCCC(=O)[O-])CC21.[Na+]. The molecule has 5 nitrogen and oxygen atoms in total. The van der Waals surface area contributed by atoms with Gasteiger partial charge in [0.05, 0.1) is 18.0 Å². The molecule has 1 saturated carbocycles.